The molecule has 24 rings (SSSR count). The second kappa shape index (κ2) is 21.2. The third kappa shape index (κ3) is 8.07. The molecular formula is C88H49ClN8O4. The van der Waals surface area contributed by atoms with Crippen LogP contribution in [0.15, 0.2) is 300 Å². The minimum atomic E-state index is 0.256. The first-order valence-corrected chi connectivity index (χ1v) is 33.9. The van der Waals surface area contributed by atoms with Crippen molar-refractivity contribution in [3.05, 3.63) is 296 Å². The summed E-state index contributed by atoms with van der Waals surface area (Å²) in [5.41, 5.74) is 20.1. The molecule has 0 fully saturated rings. The Labute approximate surface area is 577 Å². The minimum absolute atomic E-state index is 0.256. The van der Waals surface area contributed by atoms with Crippen molar-refractivity contribution in [3.8, 4) is 62.8 Å². The number of hydrogen-bond acceptors (Lipinski definition) is 8. The number of aromatic amines is 1. The third-order valence-corrected chi connectivity index (χ3v) is 20.4. The standard InChI is InChI=1S/C44H24N4O2.C30H18N2O.C14H7ClN2O/c1-2-11-25(12-3-1)47-34-23-21-27-26-13-5-8-18-35(26)50-43(27)39(34)30-22-24-33-38(42(30)47)28-14-4-7-17-32(28)48(33)44-45-31-16-10-20-37-40(31)41(46-44)29-15-6-9-19-36(29)49-37;1-2-8-18(9-3-1)32-25-17-15-20-19-10-5-7-13-26(19)33-30(20)28(25)22-14-16-24-27(29(22)32)21-11-4-6-12-23(21)31-24;15-14-16-9-5-3-7-11-12(9)13(17-14)8-4-1-2-6-10(8)18-11/h1-24H;1-17,31H;1-7H. The molecule has 8 aromatic heterocycles. The maximum absolute atomic E-state index is 6.66. The van der Waals surface area contributed by atoms with Gasteiger partial charge in [0.15, 0.2) is 0 Å². The van der Waals surface area contributed by atoms with E-state index >= 15 is 0 Å². The van der Waals surface area contributed by atoms with E-state index in [2.05, 4.69) is 223 Å². The van der Waals surface area contributed by atoms with Crippen molar-refractivity contribution in [2.45, 2.75) is 0 Å². The molecule has 0 saturated carbocycles. The van der Waals surface area contributed by atoms with E-state index in [1.54, 1.807) is 0 Å². The Bertz CT molecular complexity index is 7310. The van der Waals surface area contributed by atoms with Crippen molar-refractivity contribution in [1.82, 2.24) is 38.6 Å². The van der Waals surface area contributed by atoms with Crippen LogP contribution in [0.25, 0.3) is 193 Å². The second-order valence-corrected chi connectivity index (χ2v) is 26.0. The van der Waals surface area contributed by atoms with Gasteiger partial charge in [-0.3, -0.25) is 4.57 Å². The van der Waals surface area contributed by atoms with Gasteiger partial charge in [-0.2, -0.15) is 0 Å². The molecule has 14 aromatic carbocycles. The lowest BCUT2D eigenvalue weighted by Gasteiger charge is -2.20. The summed E-state index contributed by atoms with van der Waals surface area (Å²) in [6, 6.07) is 100. The summed E-state index contributed by atoms with van der Waals surface area (Å²) >= 11 is 5.98. The zero-order chi connectivity index (χ0) is 66.1. The Kier molecular flexibility index (Phi) is 11.7. The molecule has 0 atom stereocenters. The first-order valence-electron chi connectivity index (χ1n) is 33.5. The number of fused-ring (bicyclic) bond motifs is 26. The molecule has 22 aromatic rings. The quantitative estimate of drug-likeness (QED) is 0.173. The van der Waals surface area contributed by atoms with Crippen LogP contribution in [0.1, 0.15) is 0 Å². The van der Waals surface area contributed by atoms with Crippen molar-refractivity contribution in [1.29, 1.82) is 0 Å². The number of halogens is 1. The zero-order valence-electron chi connectivity index (χ0n) is 53.4. The SMILES string of the molecule is Clc1nc2c3c(cccc3n1)Oc1ccccc1-2.c1ccc(-n2c3ccc4c5ccccc5oc4c3c3ccc4[nH]c5ccccc5c4c32)cc1.c1ccc(-n2c3ccc4c5ccccc5oc4c3c3ccc4c(c5ccccc5n4-c4nc5c6c(cccc6n4)Oc4ccccc4-5)c32)cc1. The monoisotopic (exact) mass is 1320 g/mol. The van der Waals surface area contributed by atoms with E-state index in [9.17, 15) is 0 Å². The highest BCUT2D eigenvalue weighted by molar-refractivity contribution is 6.33. The van der Waals surface area contributed by atoms with E-state index in [1.807, 2.05) is 97.1 Å². The van der Waals surface area contributed by atoms with E-state index in [0.29, 0.717) is 5.95 Å². The lowest BCUT2D eigenvalue weighted by atomic mass is 10.0. The minimum Gasteiger partial charge on any atom is -0.456 e. The highest BCUT2D eigenvalue weighted by Gasteiger charge is 2.29. The number of furan rings is 2. The molecule has 0 amide bonds. The molecule has 1 N–H and O–H groups in total. The van der Waals surface area contributed by atoms with Gasteiger partial charge in [0.25, 0.3) is 0 Å². The molecule has 12 nitrogen and oxygen atoms in total. The summed E-state index contributed by atoms with van der Waals surface area (Å²) in [5, 5.41) is 16.0. The maximum atomic E-state index is 6.66. The molecule has 472 valence electrons. The molecule has 0 aliphatic carbocycles. The van der Waals surface area contributed by atoms with Crippen molar-refractivity contribution >= 4 is 165 Å². The number of nitrogens with one attached hydrogen (secondary N) is 1. The van der Waals surface area contributed by atoms with Crippen LogP contribution in [-0.2, 0) is 0 Å². The number of benzene rings is 14. The number of rotatable bonds is 3. The summed E-state index contributed by atoms with van der Waals surface area (Å²) in [7, 11) is 0. The molecule has 0 saturated heterocycles. The molecule has 0 spiro atoms. The van der Waals surface area contributed by atoms with Crippen LogP contribution in [0.5, 0.6) is 23.0 Å². The van der Waals surface area contributed by atoms with Crippen LogP contribution in [0.2, 0.25) is 5.28 Å². The van der Waals surface area contributed by atoms with Gasteiger partial charge in [0.05, 0.1) is 77.1 Å². The summed E-state index contributed by atoms with van der Waals surface area (Å²) in [5.74, 6) is 3.76. The van der Waals surface area contributed by atoms with Crippen LogP contribution < -0.4 is 9.47 Å². The van der Waals surface area contributed by atoms with Gasteiger partial charge in [0, 0.05) is 87.4 Å². The topological polar surface area (TPSA) is 127 Å². The molecule has 13 heteroatoms. The van der Waals surface area contributed by atoms with Crippen LogP contribution >= 0.6 is 11.6 Å². The number of aromatic nitrogens is 8. The average Bonchev–Trinajstić information content (AvgIpc) is 1.57. The van der Waals surface area contributed by atoms with E-state index in [0.717, 1.165) is 188 Å². The number of para-hydroxylation sites is 8. The summed E-state index contributed by atoms with van der Waals surface area (Å²) in [6.07, 6.45) is 0. The van der Waals surface area contributed by atoms with Crippen LogP contribution in [0.4, 0.5) is 0 Å². The summed E-state index contributed by atoms with van der Waals surface area (Å²) in [6.45, 7) is 0. The Morgan fingerprint density at radius 2 is 0.752 bits per heavy atom. The molecule has 2 aliphatic heterocycles. The maximum Gasteiger partial charge on any atom is 0.235 e. The lowest BCUT2D eigenvalue weighted by molar-refractivity contribution is 0.486. The van der Waals surface area contributed by atoms with Gasteiger partial charge in [-0.15, -0.1) is 0 Å². The first kappa shape index (κ1) is 55.6. The predicted molar refractivity (Wildman–Crippen MR) is 408 cm³/mol. The molecule has 101 heavy (non-hydrogen) atoms. The Morgan fingerprint density at radius 3 is 1.37 bits per heavy atom. The van der Waals surface area contributed by atoms with Crippen molar-refractivity contribution < 1.29 is 18.3 Å². The Balaban J connectivity index is 0.000000108. The third-order valence-electron chi connectivity index (χ3n) is 20.3. The number of ether oxygens (including phenoxy) is 2. The van der Waals surface area contributed by atoms with Crippen molar-refractivity contribution in [2.75, 3.05) is 0 Å². The van der Waals surface area contributed by atoms with Gasteiger partial charge >= 0.3 is 0 Å². The predicted octanol–water partition coefficient (Wildman–Crippen LogP) is 23.9. The van der Waals surface area contributed by atoms with Crippen molar-refractivity contribution in [2.24, 2.45) is 0 Å². The number of hydrogen-bond donors (Lipinski definition) is 1. The van der Waals surface area contributed by atoms with Gasteiger partial charge in [-0.05, 0) is 157 Å². The molecule has 2 aliphatic rings. The van der Waals surface area contributed by atoms with Gasteiger partial charge in [-0.25, -0.2) is 19.9 Å². The van der Waals surface area contributed by atoms with Gasteiger partial charge in [0.2, 0.25) is 11.2 Å². The van der Waals surface area contributed by atoms with Crippen LogP contribution in [-0.4, -0.2) is 38.6 Å². The number of nitrogens with zero attached hydrogens (tertiary/aromatic N) is 7. The van der Waals surface area contributed by atoms with Gasteiger partial charge in [-0.1, -0.05) is 146 Å². The fourth-order valence-corrected chi connectivity index (χ4v) is 16.3. The van der Waals surface area contributed by atoms with E-state index < -0.39 is 0 Å². The molecule has 10 heterocycles. The number of H-pyrrole nitrogens is 1. The van der Waals surface area contributed by atoms with Gasteiger partial charge in [0.1, 0.15) is 45.3 Å². The second-order valence-electron chi connectivity index (χ2n) is 25.7. The van der Waals surface area contributed by atoms with Crippen LogP contribution in [0.3, 0.4) is 0 Å². The fourth-order valence-electron chi connectivity index (χ4n) is 16.1. The fraction of sp³-hybridized carbons (Fsp3) is 0. The smallest absolute Gasteiger partial charge is 0.235 e. The highest BCUT2D eigenvalue weighted by Crippen LogP contribution is 2.51. The van der Waals surface area contributed by atoms with Crippen LogP contribution in [0, 0.1) is 0 Å². The largest absolute Gasteiger partial charge is 0.456 e. The molecular weight excluding hydrogens is 1270 g/mol. The van der Waals surface area contributed by atoms with E-state index in [-0.39, 0.29) is 5.28 Å². The first-order chi connectivity index (χ1) is 50.0. The Morgan fingerprint density at radius 1 is 0.287 bits per heavy atom. The zero-order valence-corrected chi connectivity index (χ0v) is 54.1. The highest BCUT2D eigenvalue weighted by atomic mass is 35.5. The van der Waals surface area contributed by atoms with E-state index in [4.69, 9.17) is 39.9 Å². The van der Waals surface area contributed by atoms with E-state index in [1.165, 1.54) is 21.7 Å². The molecule has 0 bridgehead atoms. The van der Waals surface area contributed by atoms with Gasteiger partial charge < -0.3 is 32.4 Å². The summed E-state index contributed by atoms with van der Waals surface area (Å²) < 4.78 is 32.3. The lowest BCUT2D eigenvalue weighted by Crippen LogP contribution is -2.06. The normalized spacial score (nSPS) is 12.4. The van der Waals surface area contributed by atoms with Crippen molar-refractivity contribution in [3.63, 3.8) is 0 Å². The Hall–Kier alpha value is -13.6. The summed E-state index contributed by atoms with van der Waals surface area (Å²) in [4.78, 5) is 22.7. The molecule has 0 radical (unpaired) electrons. The molecule has 0 unspecified atom stereocenters. The average molecular weight is 1320 g/mol.